The molecule has 0 radical (unpaired) electrons. The van der Waals surface area contributed by atoms with Crippen LogP contribution in [0.15, 0.2) is 0 Å². The third-order valence-electron chi connectivity index (χ3n) is 3.12. The number of hydrogen-bond donors (Lipinski definition) is 0. The summed E-state index contributed by atoms with van der Waals surface area (Å²) in [5.74, 6) is -46.5. The lowest BCUT2D eigenvalue weighted by Gasteiger charge is -2.42. The highest BCUT2D eigenvalue weighted by Crippen LogP contribution is 2.63. The molecule has 0 nitrogen and oxygen atoms in total. The molecule has 0 aliphatic rings. The predicted molar refractivity (Wildman–Crippen MR) is 63.9 cm³/mol. The monoisotopic (exact) mass is 574 g/mol. The summed E-state index contributed by atoms with van der Waals surface area (Å²) in [5, 5.41) is 0. The molecule has 170 valence electrons. The molecule has 0 spiro atoms. The number of rotatable bonds is 8. The molecule has 28 heavy (non-hydrogen) atoms. The van der Waals surface area contributed by atoms with Gasteiger partial charge in [0.1, 0.15) is 0 Å². The highest BCUT2D eigenvalue weighted by Gasteiger charge is 2.92. The minimum Gasteiger partial charge on any atom is -0.200 e. The molecule has 0 bridgehead atoms. The van der Waals surface area contributed by atoms with Gasteiger partial charge in [-0.15, -0.1) is 0 Å². The second-order valence-electron chi connectivity index (χ2n) is 5.19. The molecule has 0 aromatic heterocycles. The quantitative estimate of drug-likeness (QED) is 0.164. The Labute approximate surface area is 156 Å². The molecule has 0 saturated heterocycles. The molecular formula is C10H4F17I. The van der Waals surface area contributed by atoms with Crippen LogP contribution in [0, 0.1) is 0 Å². The lowest BCUT2D eigenvalue weighted by Crippen LogP contribution is -2.72. The largest absolute Gasteiger partial charge is 0.389 e. The average Bonchev–Trinajstić information content (AvgIpc) is 2.42. The van der Waals surface area contributed by atoms with E-state index in [9.17, 15) is 74.6 Å². The van der Waals surface area contributed by atoms with E-state index in [2.05, 4.69) is 0 Å². The minimum atomic E-state index is -8.26. The van der Waals surface area contributed by atoms with Crippen LogP contribution in [0.3, 0.4) is 0 Å². The van der Waals surface area contributed by atoms with Gasteiger partial charge in [0.2, 0.25) is 0 Å². The first kappa shape index (κ1) is 27.5. The van der Waals surface area contributed by atoms with E-state index in [1.165, 1.54) is 0 Å². The van der Waals surface area contributed by atoms with Gasteiger partial charge in [-0.25, -0.2) is 0 Å². The first-order chi connectivity index (χ1) is 11.7. The summed E-state index contributed by atoms with van der Waals surface area (Å²) in [4.78, 5) is 0. The van der Waals surface area contributed by atoms with Crippen molar-refractivity contribution >= 4 is 22.6 Å². The van der Waals surface area contributed by atoms with Gasteiger partial charge in [0.25, 0.3) is 0 Å². The molecule has 0 aromatic carbocycles. The van der Waals surface area contributed by atoms with Crippen LogP contribution in [0.2, 0.25) is 0 Å². The Morgan fingerprint density at radius 3 is 0.964 bits per heavy atom. The summed E-state index contributed by atoms with van der Waals surface area (Å²) in [6.07, 6.45) is -12.0. The van der Waals surface area contributed by atoms with Gasteiger partial charge in [0.15, 0.2) is 0 Å². The third kappa shape index (κ3) is 4.20. The van der Waals surface area contributed by atoms with Gasteiger partial charge >= 0.3 is 45.6 Å². The normalized spacial score (nSPS) is 16.5. The van der Waals surface area contributed by atoms with Crippen LogP contribution in [-0.4, -0.2) is 45.6 Å². The Morgan fingerprint density at radius 2 is 0.679 bits per heavy atom. The predicted octanol–water partition coefficient (Wildman–Crippen LogP) is 7.17. The van der Waals surface area contributed by atoms with E-state index in [4.69, 9.17) is 0 Å². The van der Waals surface area contributed by atoms with Crippen LogP contribution < -0.4 is 0 Å². The first-order valence-electron chi connectivity index (χ1n) is 6.11. The van der Waals surface area contributed by atoms with Crippen molar-refractivity contribution in [3.63, 3.8) is 0 Å². The van der Waals surface area contributed by atoms with E-state index >= 15 is 0 Å². The molecule has 0 unspecified atom stereocenters. The maximum absolute atomic E-state index is 13.2. The maximum atomic E-state index is 13.2. The van der Waals surface area contributed by atoms with Crippen LogP contribution in [0.5, 0.6) is 0 Å². The summed E-state index contributed by atoms with van der Waals surface area (Å²) in [6.45, 7) is 0. The van der Waals surface area contributed by atoms with Crippen molar-refractivity contribution in [1.82, 2.24) is 0 Å². The van der Waals surface area contributed by atoms with E-state index in [1.54, 1.807) is 0 Å². The fourth-order valence-electron chi connectivity index (χ4n) is 1.45. The first-order valence-corrected chi connectivity index (χ1v) is 7.19. The highest BCUT2D eigenvalue weighted by molar-refractivity contribution is 14.1. The Bertz CT molecular complexity index is 553. The van der Waals surface area contributed by atoms with E-state index < -0.39 is 81.1 Å². The van der Waals surface area contributed by atoms with Crippen molar-refractivity contribution in [2.75, 3.05) is 0 Å². The van der Waals surface area contributed by atoms with Crippen molar-refractivity contribution in [3.05, 3.63) is 0 Å². The number of hydrogen-bond acceptors (Lipinski definition) is 0. The summed E-state index contributed by atoms with van der Waals surface area (Å²) in [7, 11) is 0. The molecule has 0 rings (SSSR count). The van der Waals surface area contributed by atoms with Crippen LogP contribution in [0.1, 0.15) is 12.8 Å². The van der Waals surface area contributed by atoms with Crippen LogP contribution in [0.4, 0.5) is 74.6 Å². The second-order valence-corrected chi connectivity index (χ2v) is 6.54. The van der Waals surface area contributed by atoms with Crippen molar-refractivity contribution in [1.29, 1.82) is 0 Å². The molecule has 0 N–H and O–H groups in total. The van der Waals surface area contributed by atoms with Crippen LogP contribution in [-0.2, 0) is 0 Å². The van der Waals surface area contributed by atoms with Crippen molar-refractivity contribution in [2.24, 2.45) is 0 Å². The maximum Gasteiger partial charge on any atom is 0.389 e. The standard InChI is InChI=1S/C10H4F17I/c11-3(12,1-2-4(13,14)15)5(16,17)6(18,19)7(20,21)8(22,23)9(24,25)10(26,27)28/h1-2H2. The van der Waals surface area contributed by atoms with Crippen LogP contribution >= 0.6 is 22.6 Å². The minimum absolute atomic E-state index is 0.930. The zero-order valence-electron chi connectivity index (χ0n) is 12.2. The topological polar surface area (TPSA) is 0 Å². The van der Waals surface area contributed by atoms with Gasteiger partial charge < -0.3 is 0 Å². The number of halogens is 18. The Kier molecular flexibility index (Phi) is 6.94. The molecule has 0 atom stereocenters. The average molecular weight is 574 g/mol. The summed E-state index contributed by atoms with van der Waals surface area (Å²) in [6, 6.07) is 0. The molecular weight excluding hydrogens is 570 g/mol. The fraction of sp³-hybridized carbons (Fsp3) is 1.00. The zero-order valence-corrected chi connectivity index (χ0v) is 14.4. The number of alkyl halides is 18. The molecule has 0 heterocycles. The van der Waals surface area contributed by atoms with Gasteiger partial charge in [0.05, 0.1) is 0 Å². The molecule has 0 amide bonds. The Morgan fingerprint density at radius 1 is 0.393 bits per heavy atom. The third-order valence-corrected chi connectivity index (χ3v) is 3.79. The molecule has 0 fully saturated rings. The van der Waals surface area contributed by atoms with Crippen LogP contribution in [0.25, 0.3) is 0 Å². The highest BCUT2D eigenvalue weighted by atomic mass is 127. The van der Waals surface area contributed by atoms with Gasteiger partial charge in [-0.3, -0.25) is 0 Å². The summed E-state index contributed by atoms with van der Waals surface area (Å²) in [5.41, 5.74) is 0. The van der Waals surface area contributed by atoms with E-state index in [1.807, 2.05) is 0 Å². The van der Waals surface area contributed by atoms with Crippen molar-refractivity contribution in [2.45, 2.75) is 58.5 Å². The van der Waals surface area contributed by atoms with Gasteiger partial charge in [-0.1, -0.05) is 0 Å². The van der Waals surface area contributed by atoms with E-state index in [-0.39, 0.29) is 0 Å². The van der Waals surface area contributed by atoms with E-state index in [0.717, 1.165) is 0 Å². The van der Waals surface area contributed by atoms with Crippen molar-refractivity contribution < 1.29 is 74.6 Å². The summed E-state index contributed by atoms with van der Waals surface area (Å²) >= 11 is -0.930. The second kappa shape index (κ2) is 7.05. The van der Waals surface area contributed by atoms with Gasteiger partial charge in [0, 0.05) is 35.4 Å². The zero-order chi connectivity index (χ0) is 23.4. The SMILES string of the molecule is FC(F)(F)CCC(F)(F)C(F)(F)C(F)(F)C(F)(F)C(F)(F)C(F)(F)C(F)(F)I. The Balaban J connectivity index is 6.32. The molecule has 0 saturated carbocycles. The molecule has 18 heteroatoms. The fourth-order valence-corrected chi connectivity index (χ4v) is 1.79. The molecule has 0 aromatic rings. The molecule has 0 aliphatic heterocycles. The van der Waals surface area contributed by atoms with Gasteiger partial charge in [-0.2, -0.15) is 74.6 Å². The smallest absolute Gasteiger partial charge is 0.200 e. The lowest BCUT2D eigenvalue weighted by molar-refractivity contribution is -0.434. The lowest BCUT2D eigenvalue weighted by atomic mass is 9.90. The summed E-state index contributed by atoms with van der Waals surface area (Å²) < 4.78 is 211. The van der Waals surface area contributed by atoms with Crippen molar-refractivity contribution in [3.8, 4) is 0 Å². The Hall–Kier alpha value is -0.460. The molecule has 0 aliphatic carbocycles. The van der Waals surface area contributed by atoms with E-state index in [0.29, 0.717) is 0 Å². The van der Waals surface area contributed by atoms with Gasteiger partial charge in [-0.05, 0) is 0 Å².